The van der Waals surface area contributed by atoms with Crippen LogP contribution in [0.15, 0.2) is 18.3 Å². The van der Waals surface area contributed by atoms with Crippen molar-refractivity contribution >= 4 is 0 Å². The molecule has 1 heterocycles. The van der Waals surface area contributed by atoms with Gasteiger partial charge in [-0.15, -0.1) is 0 Å². The topological polar surface area (TPSA) is 34.2 Å². The molecule has 15 heavy (non-hydrogen) atoms. The largest absolute Gasteiger partial charge is 0.475 e. The lowest BCUT2D eigenvalue weighted by Gasteiger charge is -2.09. The molecule has 0 saturated carbocycles. The number of aromatic nitrogens is 1. The predicted molar refractivity (Wildman–Crippen MR) is 62.0 cm³/mol. The van der Waals surface area contributed by atoms with Crippen LogP contribution in [0.2, 0.25) is 0 Å². The molecule has 0 unspecified atom stereocenters. The highest BCUT2D eigenvalue weighted by Crippen LogP contribution is 2.10. The van der Waals surface area contributed by atoms with E-state index >= 15 is 0 Å². The second kappa shape index (κ2) is 6.40. The predicted octanol–water partition coefficient (Wildman–Crippen LogP) is 2.37. The van der Waals surface area contributed by atoms with Crippen LogP contribution in [-0.2, 0) is 6.54 Å². The zero-order valence-corrected chi connectivity index (χ0v) is 9.79. The molecule has 3 heteroatoms. The highest BCUT2D eigenvalue weighted by Gasteiger charge is 2.00. The van der Waals surface area contributed by atoms with Gasteiger partial charge in [-0.25, -0.2) is 4.98 Å². The second-order valence-corrected chi connectivity index (χ2v) is 3.85. The van der Waals surface area contributed by atoms with Crippen molar-refractivity contribution in [1.82, 2.24) is 10.3 Å². The van der Waals surface area contributed by atoms with E-state index < -0.39 is 0 Å². The molecule has 0 fully saturated rings. The Kier molecular flexibility index (Phi) is 5.12. The fourth-order valence-electron chi connectivity index (χ4n) is 1.28. The van der Waals surface area contributed by atoms with Crippen LogP contribution >= 0.6 is 0 Å². The Bertz CT molecular complexity index is 287. The van der Waals surface area contributed by atoms with E-state index in [9.17, 15) is 0 Å². The smallest absolute Gasteiger partial charge is 0.213 e. The SMILES string of the molecule is CCCNCc1ccnc(OC(C)C)c1. The molecule has 1 N–H and O–H groups in total. The number of rotatable bonds is 6. The summed E-state index contributed by atoms with van der Waals surface area (Å²) in [6, 6.07) is 4.00. The molecule has 3 nitrogen and oxygen atoms in total. The Morgan fingerprint density at radius 1 is 1.47 bits per heavy atom. The van der Waals surface area contributed by atoms with E-state index in [4.69, 9.17) is 4.74 Å². The average molecular weight is 208 g/mol. The maximum atomic E-state index is 5.52. The number of hydrogen-bond acceptors (Lipinski definition) is 3. The Balaban J connectivity index is 2.50. The minimum absolute atomic E-state index is 0.177. The summed E-state index contributed by atoms with van der Waals surface area (Å²) in [5, 5.41) is 3.35. The lowest BCUT2D eigenvalue weighted by atomic mass is 10.2. The van der Waals surface area contributed by atoms with Crippen molar-refractivity contribution in [2.45, 2.75) is 39.8 Å². The van der Waals surface area contributed by atoms with Crippen LogP contribution in [0.25, 0.3) is 0 Å². The molecule has 0 aliphatic carbocycles. The van der Waals surface area contributed by atoms with Crippen LogP contribution < -0.4 is 10.1 Å². The minimum Gasteiger partial charge on any atom is -0.475 e. The summed E-state index contributed by atoms with van der Waals surface area (Å²) in [5.41, 5.74) is 1.22. The first kappa shape index (κ1) is 12.0. The monoisotopic (exact) mass is 208 g/mol. The molecule has 0 bridgehead atoms. The van der Waals surface area contributed by atoms with Crippen molar-refractivity contribution < 1.29 is 4.74 Å². The molecule has 0 aliphatic rings. The fraction of sp³-hybridized carbons (Fsp3) is 0.583. The maximum Gasteiger partial charge on any atom is 0.213 e. The summed E-state index contributed by atoms with van der Waals surface area (Å²) in [6.07, 6.45) is 3.12. The third-order valence-electron chi connectivity index (χ3n) is 1.91. The summed E-state index contributed by atoms with van der Waals surface area (Å²) >= 11 is 0. The van der Waals surface area contributed by atoms with Gasteiger partial charge in [0.2, 0.25) is 5.88 Å². The summed E-state index contributed by atoms with van der Waals surface area (Å²) in [7, 11) is 0. The third kappa shape index (κ3) is 4.79. The highest BCUT2D eigenvalue weighted by atomic mass is 16.5. The lowest BCUT2D eigenvalue weighted by molar-refractivity contribution is 0.232. The van der Waals surface area contributed by atoms with Crippen LogP contribution in [0.1, 0.15) is 32.8 Å². The number of nitrogens with one attached hydrogen (secondary N) is 1. The van der Waals surface area contributed by atoms with Crippen LogP contribution in [0.5, 0.6) is 5.88 Å². The molecule has 0 aliphatic heterocycles. The van der Waals surface area contributed by atoms with E-state index in [1.165, 1.54) is 5.56 Å². The van der Waals surface area contributed by atoms with Gasteiger partial charge in [0, 0.05) is 18.8 Å². The molecule has 1 aromatic rings. The van der Waals surface area contributed by atoms with Crippen molar-refractivity contribution in [3.63, 3.8) is 0 Å². The van der Waals surface area contributed by atoms with E-state index in [-0.39, 0.29) is 6.10 Å². The summed E-state index contributed by atoms with van der Waals surface area (Å²) in [4.78, 5) is 4.16. The molecule has 0 spiro atoms. The average Bonchev–Trinajstić information content (AvgIpc) is 2.18. The van der Waals surface area contributed by atoms with Crippen molar-refractivity contribution in [3.05, 3.63) is 23.9 Å². The van der Waals surface area contributed by atoms with E-state index in [0.29, 0.717) is 5.88 Å². The minimum atomic E-state index is 0.177. The molecule has 84 valence electrons. The molecule has 0 saturated heterocycles. The van der Waals surface area contributed by atoms with Gasteiger partial charge in [-0.3, -0.25) is 0 Å². The number of pyridine rings is 1. The van der Waals surface area contributed by atoms with E-state index in [2.05, 4.69) is 17.2 Å². The van der Waals surface area contributed by atoms with Crippen LogP contribution in [-0.4, -0.2) is 17.6 Å². The molecular weight excluding hydrogens is 188 g/mol. The van der Waals surface area contributed by atoms with Gasteiger partial charge in [0.1, 0.15) is 0 Å². The van der Waals surface area contributed by atoms with E-state index in [0.717, 1.165) is 19.5 Å². The summed E-state index contributed by atoms with van der Waals surface area (Å²) in [6.45, 7) is 8.09. The number of ether oxygens (including phenoxy) is 1. The first-order valence-corrected chi connectivity index (χ1v) is 5.54. The maximum absolute atomic E-state index is 5.52. The normalized spacial score (nSPS) is 10.7. The van der Waals surface area contributed by atoms with Crippen LogP contribution in [0.3, 0.4) is 0 Å². The Morgan fingerprint density at radius 3 is 2.93 bits per heavy atom. The zero-order valence-electron chi connectivity index (χ0n) is 9.79. The Labute approximate surface area is 91.9 Å². The molecule has 0 radical (unpaired) electrons. The molecular formula is C12H20N2O. The quantitative estimate of drug-likeness (QED) is 0.729. The summed E-state index contributed by atoms with van der Waals surface area (Å²) < 4.78 is 5.52. The highest BCUT2D eigenvalue weighted by molar-refractivity contribution is 5.20. The molecule has 1 rings (SSSR count). The van der Waals surface area contributed by atoms with Gasteiger partial charge in [0.15, 0.2) is 0 Å². The molecule has 0 atom stereocenters. The van der Waals surface area contributed by atoms with Crippen molar-refractivity contribution in [2.75, 3.05) is 6.54 Å². The van der Waals surface area contributed by atoms with Crippen LogP contribution in [0, 0.1) is 0 Å². The fourth-order valence-corrected chi connectivity index (χ4v) is 1.28. The van der Waals surface area contributed by atoms with E-state index in [1.54, 1.807) is 6.20 Å². The second-order valence-electron chi connectivity index (χ2n) is 3.85. The molecule has 0 aromatic carbocycles. The summed E-state index contributed by atoms with van der Waals surface area (Å²) in [5.74, 6) is 0.709. The van der Waals surface area contributed by atoms with Crippen molar-refractivity contribution in [2.24, 2.45) is 0 Å². The number of nitrogens with zero attached hydrogens (tertiary/aromatic N) is 1. The number of hydrogen-bond donors (Lipinski definition) is 1. The molecule has 0 amide bonds. The first-order chi connectivity index (χ1) is 7.22. The Hall–Kier alpha value is -1.09. The van der Waals surface area contributed by atoms with Gasteiger partial charge in [0.25, 0.3) is 0 Å². The van der Waals surface area contributed by atoms with Gasteiger partial charge in [0.05, 0.1) is 6.10 Å². The molecule has 1 aromatic heterocycles. The lowest BCUT2D eigenvalue weighted by Crippen LogP contribution is -2.14. The van der Waals surface area contributed by atoms with Crippen molar-refractivity contribution in [1.29, 1.82) is 0 Å². The van der Waals surface area contributed by atoms with Gasteiger partial charge >= 0.3 is 0 Å². The zero-order chi connectivity index (χ0) is 11.1. The van der Waals surface area contributed by atoms with Gasteiger partial charge in [-0.05, 0) is 38.4 Å². The van der Waals surface area contributed by atoms with Crippen LogP contribution in [0.4, 0.5) is 0 Å². The van der Waals surface area contributed by atoms with E-state index in [1.807, 2.05) is 26.0 Å². The first-order valence-electron chi connectivity index (χ1n) is 5.54. The van der Waals surface area contributed by atoms with Gasteiger partial charge in [-0.1, -0.05) is 6.92 Å². The van der Waals surface area contributed by atoms with Crippen molar-refractivity contribution in [3.8, 4) is 5.88 Å². The van der Waals surface area contributed by atoms with Gasteiger partial charge < -0.3 is 10.1 Å². The third-order valence-corrected chi connectivity index (χ3v) is 1.91. The Morgan fingerprint density at radius 2 is 2.27 bits per heavy atom. The standard InChI is InChI=1S/C12H20N2O/c1-4-6-13-9-11-5-7-14-12(8-11)15-10(2)3/h5,7-8,10,13H,4,6,9H2,1-3H3. The van der Waals surface area contributed by atoms with Gasteiger partial charge in [-0.2, -0.15) is 0 Å².